The smallest absolute Gasteiger partial charge is 0.195 e. The second kappa shape index (κ2) is 4.77. The molecular formula is C9H14N2O2. The summed E-state index contributed by atoms with van der Waals surface area (Å²) in [5.41, 5.74) is 0.712. The molecule has 1 aromatic heterocycles. The number of rotatable bonds is 5. The van der Waals surface area contributed by atoms with Crippen molar-refractivity contribution in [3.8, 4) is 0 Å². The van der Waals surface area contributed by atoms with Crippen LogP contribution in [0.1, 0.15) is 11.6 Å². The molecule has 0 fully saturated rings. The molecule has 0 aromatic carbocycles. The number of nitrogens with zero attached hydrogens (tertiary/aromatic N) is 2. The van der Waals surface area contributed by atoms with Gasteiger partial charge in [0.2, 0.25) is 0 Å². The first-order chi connectivity index (χ1) is 6.22. The predicted molar refractivity (Wildman–Crippen MR) is 48.5 cm³/mol. The molecule has 1 aromatic rings. The Bertz CT molecular complexity index is 268. The zero-order chi connectivity index (χ0) is 9.68. The molecule has 4 nitrogen and oxygen atoms in total. The van der Waals surface area contributed by atoms with E-state index in [9.17, 15) is 4.79 Å². The van der Waals surface area contributed by atoms with E-state index in [4.69, 9.17) is 4.42 Å². The van der Waals surface area contributed by atoms with Crippen molar-refractivity contribution in [2.75, 3.05) is 20.6 Å². The zero-order valence-corrected chi connectivity index (χ0v) is 7.99. The van der Waals surface area contributed by atoms with E-state index >= 15 is 0 Å². The molecule has 0 bridgehead atoms. The molecule has 0 aliphatic carbocycles. The Morgan fingerprint density at radius 3 is 3.00 bits per heavy atom. The second-order valence-corrected chi connectivity index (χ2v) is 3.16. The van der Waals surface area contributed by atoms with Crippen LogP contribution < -0.4 is 0 Å². The fourth-order valence-corrected chi connectivity index (χ4v) is 0.962. The summed E-state index contributed by atoms with van der Waals surface area (Å²) in [5.74, 6) is 0.700. The van der Waals surface area contributed by atoms with Gasteiger partial charge in [0.15, 0.2) is 5.89 Å². The highest BCUT2D eigenvalue weighted by Crippen LogP contribution is 2.02. The lowest BCUT2D eigenvalue weighted by molar-refractivity contribution is -0.107. The van der Waals surface area contributed by atoms with Crippen LogP contribution >= 0.6 is 0 Å². The van der Waals surface area contributed by atoms with Crippen molar-refractivity contribution < 1.29 is 9.21 Å². The van der Waals surface area contributed by atoms with Gasteiger partial charge < -0.3 is 14.1 Å². The molecule has 0 aliphatic rings. The van der Waals surface area contributed by atoms with E-state index in [1.807, 2.05) is 14.1 Å². The van der Waals surface area contributed by atoms with Gasteiger partial charge in [-0.05, 0) is 14.1 Å². The Balaban J connectivity index is 2.44. The third kappa shape index (κ3) is 3.38. The number of aldehydes is 1. The van der Waals surface area contributed by atoms with E-state index in [0.717, 1.165) is 19.3 Å². The average Bonchev–Trinajstić information content (AvgIpc) is 2.50. The van der Waals surface area contributed by atoms with Gasteiger partial charge in [0.05, 0.1) is 5.69 Å². The molecule has 0 saturated carbocycles. The van der Waals surface area contributed by atoms with E-state index in [0.29, 0.717) is 18.0 Å². The van der Waals surface area contributed by atoms with Crippen LogP contribution in [-0.4, -0.2) is 36.8 Å². The maximum absolute atomic E-state index is 10.2. The van der Waals surface area contributed by atoms with Crippen LogP contribution in [0.3, 0.4) is 0 Å². The number of hydrogen-bond acceptors (Lipinski definition) is 4. The van der Waals surface area contributed by atoms with Gasteiger partial charge in [0, 0.05) is 19.4 Å². The lowest BCUT2D eigenvalue weighted by atomic mass is 10.4. The monoisotopic (exact) mass is 182 g/mol. The Kier molecular flexibility index (Phi) is 3.64. The third-order valence-electron chi connectivity index (χ3n) is 1.66. The number of carbonyl (C=O) groups excluding carboxylic acids is 1. The SMILES string of the molecule is CN(C)CCc1nc(CC=O)co1. The minimum absolute atomic E-state index is 0.339. The van der Waals surface area contributed by atoms with Gasteiger partial charge in [-0.2, -0.15) is 0 Å². The normalized spacial score (nSPS) is 10.7. The largest absolute Gasteiger partial charge is 0.449 e. The topological polar surface area (TPSA) is 46.3 Å². The van der Waals surface area contributed by atoms with E-state index in [1.54, 1.807) is 6.26 Å². The minimum Gasteiger partial charge on any atom is -0.449 e. The molecule has 13 heavy (non-hydrogen) atoms. The Morgan fingerprint density at radius 2 is 2.38 bits per heavy atom. The lowest BCUT2D eigenvalue weighted by Crippen LogP contribution is -2.15. The maximum Gasteiger partial charge on any atom is 0.195 e. The molecule has 0 N–H and O–H groups in total. The standard InChI is InChI=1S/C9H14N2O2/c1-11(2)5-3-9-10-8(4-6-12)7-13-9/h6-7H,3-5H2,1-2H3. The van der Waals surface area contributed by atoms with Crippen molar-refractivity contribution >= 4 is 6.29 Å². The summed E-state index contributed by atoms with van der Waals surface area (Å²) < 4.78 is 5.17. The predicted octanol–water partition coefficient (Wildman–Crippen LogP) is 0.520. The minimum atomic E-state index is 0.339. The maximum atomic E-state index is 10.2. The van der Waals surface area contributed by atoms with E-state index in [2.05, 4.69) is 9.88 Å². The van der Waals surface area contributed by atoms with E-state index < -0.39 is 0 Å². The van der Waals surface area contributed by atoms with Crippen LogP contribution in [0, 0.1) is 0 Å². The van der Waals surface area contributed by atoms with Crippen LogP contribution in [0.25, 0.3) is 0 Å². The quantitative estimate of drug-likeness (QED) is 0.623. The molecule has 0 spiro atoms. The molecular weight excluding hydrogens is 168 g/mol. The van der Waals surface area contributed by atoms with Crippen LogP contribution in [0.2, 0.25) is 0 Å². The average molecular weight is 182 g/mol. The fraction of sp³-hybridized carbons (Fsp3) is 0.556. The van der Waals surface area contributed by atoms with Gasteiger partial charge in [-0.1, -0.05) is 0 Å². The van der Waals surface area contributed by atoms with Crippen LogP contribution in [-0.2, 0) is 17.6 Å². The Labute approximate surface area is 77.6 Å². The summed E-state index contributed by atoms with van der Waals surface area (Å²) >= 11 is 0. The lowest BCUT2D eigenvalue weighted by Gasteiger charge is -2.05. The highest BCUT2D eigenvalue weighted by molar-refractivity contribution is 5.53. The first-order valence-electron chi connectivity index (χ1n) is 4.24. The molecule has 0 amide bonds. The molecule has 0 radical (unpaired) electrons. The molecule has 72 valence electrons. The highest BCUT2D eigenvalue weighted by Gasteiger charge is 2.03. The number of oxazole rings is 1. The van der Waals surface area contributed by atoms with Crippen molar-refractivity contribution in [1.82, 2.24) is 9.88 Å². The van der Waals surface area contributed by atoms with Gasteiger partial charge in [-0.25, -0.2) is 4.98 Å². The fourth-order valence-electron chi connectivity index (χ4n) is 0.962. The van der Waals surface area contributed by atoms with Crippen LogP contribution in [0.15, 0.2) is 10.7 Å². The Morgan fingerprint density at radius 1 is 1.62 bits per heavy atom. The summed E-state index contributed by atoms with van der Waals surface area (Å²) in [6.07, 6.45) is 3.49. The van der Waals surface area contributed by atoms with Crippen molar-refractivity contribution in [3.63, 3.8) is 0 Å². The molecule has 4 heteroatoms. The van der Waals surface area contributed by atoms with Crippen molar-refractivity contribution in [2.45, 2.75) is 12.8 Å². The van der Waals surface area contributed by atoms with Crippen molar-refractivity contribution in [3.05, 3.63) is 17.8 Å². The number of likely N-dealkylation sites (N-methyl/N-ethyl adjacent to an activating group) is 1. The molecule has 0 atom stereocenters. The van der Waals surface area contributed by atoms with Gasteiger partial charge in [-0.15, -0.1) is 0 Å². The van der Waals surface area contributed by atoms with Gasteiger partial charge in [0.25, 0.3) is 0 Å². The highest BCUT2D eigenvalue weighted by atomic mass is 16.3. The molecule has 1 heterocycles. The first kappa shape index (κ1) is 9.92. The second-order valence-electron chi connectivity index (χ2n) is 3.16. The first-order valence-corrected chi connectivity index (χ1v) is 4.24. The van der Waals surface area contributed by atoms with Crippen LogP contribution in [0.4, 0.5) is 0 Å². The Hall–Kier alpha value is -1.16. The van der Waals surface area contributed by atoms with E-state index in [-0.39, 0.29) is 0 Å². The van der Waals surface area contributed by atoms with E-state index in [1.165, 1.54) is 0 Å². The van der Waals surface area contributed by atoms with Gasteiger partial charge in [-0.3, -0.25) is 0 Å². The summed E-state index contributed by atoms with van der Waals surface area (Å²) in [6.45, 7) is 0.904. The van der Waals surface area contributed by atoms with Gasteiger partial charge in [0.1, 0.15) is 12.5 Å². The molecule has 0 aliphatic heterocycles. The number of aromatic nitrogens is 1. The summed E-state index contributed by atoms with van der Waals surface area (Å²) in [5, 5.41) is 0. The molecule has 0 saturated heterocycles. The molecule has 1 rings (SSSR count). The van der Waals surface area contributed by atoms with Crippen molar-refractivity contribution in [2.24, 2.45) is 0 Å². The van der Waals surface area contributed by atoms with Gasteiger partial charge >= 0.3 is 0 Å². The van der Waals surface area contributed by atoms with Crippen molar-refractivity contribution in [1.29, 1.82) is 0 Å². The molecule has 0 unspecified atom stereocenters. The summed E-state index contributed by atoms with van der Waals surface area (Å²) in [6, 6.07) is 0. The zero-order valence-electron chi connectivity index (χ0n) is 7.99. The van der Waals surface area contributed by atoms with Crippen LogP contribution in [0.5, 0.6) is 0 Å². The summed E-state index contributed by atoms with van der Waals surface area (Å²) in [7, 11) is 3.99. The number of hydrogen-bond donors (Lipinski definition) is 0. The third-order valence-corrected chi connectivity index (χ3v) is 1.66. The number of carbonyl (C=O) groups is 1. The summed E-state index contributed by atoms with van der Waals surface area (Å²) in [4.78, 5) is 16.4.